The highest BCUT2D eigenvalue weighted by Crippen LogP contribution is 2.16. The normalized spacial score (nSPS) is 10.7. The zero-order valence-electron chi connectivity index (χ0n) is 16.6. The first kappa shape index (κ1) is 21.8. The highest BCUT2D eigenvalue weighted by molar-refractivity contribution is 7.71. The molecule has 3 aromatic rings. The number of halogens is 1. The molecule has 0 bridgehead atoms. The van der Waals surface area contributed by atoms with Gasteiger partial charge in [0.1, 0.15) is 5.75 Å². The molecule has 8 heteroatoms. The Labute approximate surface area is 184 Å². The molecule has 0 aliphatic rings. The van der Waals surface area contributed by atoms with Crippen LogP contribution in [0.25, 0.3) is 10.9 Å². The molecule has 0 radical (unpaired) electrons. The van der Waals surface area contributed by atoms with Crippen LogP contribution >= 0.6 is 23.8 Å². The Morgan fingerprint density at radius 2 is 2.03 bits per heavy atom. The van der Waals surface area contributed by atoms with Crippen LogP contribution in [0.1, 0.15) is 16.8 Å². The summed E-state index contributed by atoms with van der Waals surface area (Å²) in [7, 11) is 1.74. The molecule has 6 nitrogen and oxygen atoms in total. The highest BCUT2D eigenvalue weighted by Gasteiger charge is 2.14. The summed E-state index contributed by atoms with van der Waals surface area (Å²) in [5, 5.41) is 1.13. The molecule has 1 amide bonds. The highest BCUT2D eigenvalue weighted by atomic mass is 35.5. The number of aromatic nitrogens is 2. The number of fused-ring (bicyclic) bond motifs is 1. The summed E-state index contributed by atoms with van der Waals surface area (Å²) in [6, 6.07) is 12.1. The first-order chi connectivity index (χ1) is 14.4. The number of H-pyrrole nitrogens is 1. The van der Waals surface area contributed by atoms with Crippen LogP contribution in [0.3, 0.4) is 0 Å². The van der Waals surface area contributed by atoms with Crippen molar-refractivity contribution in [3.05, 3.63) is 80.8 Å². The van der Waals surface area contributed by atoms with Gasteiger partial charge < -0.3 is 14.6 Å². The lowest BCUT2D eigenvalue weighted by atomic mass is 10.1. The van der Waals surface area contributed by atoms with E-state index in [0.717, 1.165) is 5.75 Å². The summed E-state index contributed by atoms with van der Waals surface area (Å²) in [5.41, 5.74) is 0.811. The number of nitrogens with one attached hydrogen (secondary N) is 1. The molecule has 0 atom stereocenters. The van der Waals surface area contributed by atoms with Crippen molar-refractivity contribution in [2.24, 2.45) is 0 Å². The fourth-order valence-corrected chi connectivity index (χ4v) is 3.42. The quantitative estimate of drug-likeness (QED) is 0.317. The maximum absolute atomic E-state index is 12.8. The predicted octanol–water partition coefficient (Wildman–Crippen LogP) is 4.44. The molecule has 0 spiro atoms. The lowest BCUT2D eigenvalue weighted by molar-refractivity contribution is 0.0788. The van der Waals surface area contributed by atoms with Crippen LogP contribution in [-0.4, -0.2) is 40.6 Å². The Hall–Kier alpha value is -2.90. The average molecular weight is 444 g/mol. The first-order valence-corrected chi connectivity index (χ1v) is 10.2. The maximum atomic E-state index is 12.8. The molecule has 0 saturated carbocycles. The summed E-state index contributed by atoms with van der Waals surface area (Å²) in [6.45, 7) is 4.98. The summed E-state index contributed by atoms with van der Waals surface area (Å²) < 4.78 is 7.38. The van der Waals surface area contributed by atoms with E-state index in [1.165, 1.54) is 4.57 Å². The van der Waals surface area contributed by atoms with Gasteiger partial charge in [-0.05, 0) is 61.1 Å². The van der Waals surface area contributed by atoms with Crippen molar-refractivity contribution < 1.29 is 9.53 Å². The Balaban J connectivity index is 1.65. The van der Waals surface area contributed by atoms with Crippen molar-refractivity contribution in [1.29, 1.82) is 0 Å². The third kappa shape index (κ3) is 4.98. The van der Waals surface area contributed by atoms with Crippen LogP contribution in [0.2, 0.25) is 5.02 Å². The number of hydrogen-bond acceptors (Lipinski definition) is 4. The smallest absolute Gasteiger partial charge is 0.262 e. The molecule has 0 saturated heterocycles. The van der Waals surface area contributed by atoms with Crippen LogP contribution in [0.5, 0.6) is 5.75 Å². The van der Waals surface area contributed by atoms with Gasteiger partial charge in [-0.25, -0.2) is 0 Å². The molecule has 2 aromatic carbocycles. The van der Waals surface area contributed by atoms with E-state index in [0.29, 0.717) is 52.4 Å². The van der Waals surface area contributed by atoms with Gasteiger partial charge in [0.25, 0.3) is 11.5 Å². The summed E-state index contributed by atoms with van der Waals surface area (Å²) in [4.78, 5) is 30.0. The van der Waals surface area contributed by atoms with Crippen LogP contribution in [0.4, 0.5) is 0 Å². The number of aromatic amines is 1. The van der Waals surface area contributed by atoms with Gasteiger partial charge >= 0.3 is 0 Å². The standard InChI is InChI=1S/C22H22ClN3O3S/c1-3-11-26-21(28)18-10-5-15(14-19(18)24-22(26)30)20(27)25(2)12-4-13-29-17-8-6-16(23)7-9-17/h3,5-10,14H,1,4,11-13H2,2H3,(H,24,30). The third-order valence-corrected chi connectivity index (χ3v) is 5.18. The maximum Gasteiger partial charge on any atom is 0.262 e. The molecule has 0 aliphatic heterocycles. The Bertz CT molecular complexity index is 1180. The number of ether oxygens (including phenoxy) is 1. The third-order valence-electron chi connectivity index (χ3n) is 4.61. The minimum Gasteiger partial charge on any atom is -0.494 e. The van der Waals surface area contributed by atoms with Gasteiger partial charge in [0, 0.05) is 30.7 Å². The second-order valence-corrected chi connectivity index (χ2v) is 7.60. The number of carbonyl (C=O) groups excluding carboxylic acids is 1. The van der Waals surface area contributed by atoms with Gasteiger partial charge in [-0.15, -0.1) is 6.58 Å². The second kappa shape index (κ2) is 9.73. The number of rotatable bonds is 8. The topological polar surface area (TPSA) is 67.3 Å². The molecule has 0 unspecified atom stereocenters. The predicted molar refractivity (Wildman–Crippen MR) is 122 cm³/mol. The van der Waals surface area contributed by atoms with E-state index >= 15 is 0 Å². The SMILES string of the molecule is C=CCn1c(=S)[nH]c2cc(C(=O)N(C)CCCOc3ccc(Cl)cc3)ccc2c1=O. The Kier molecular flexibility index (Phi) is 7.07. The monoisotopic (exact) mass is 443 g/mol. The van der Waals surface area contributed by atoms with Gasteiger partial charge in [0.2, 0.25) is 0 Å². The van der Waals surface area contributed by atoms with Crippen molar-refractivity contribution >= 4 is 40.6 Å². The van der Waals surface area contributed by atoms with E-state index in [-0.39, 0.29) is 11.5 Å². The van der Waals surface area contributed by atoms with Crippen LogP contribution in [-0.2, 0) is 6.54 Å². The van der Waals surface area contributed by atoms with Gasteiger partial charge in [-0.1, -0.05) is 17.7 Å². The van der Waals surface area contributed by atoms with E-state index in [4.69, 9.17) is 28.6 Å². The number of carbonyl (C=O) groups is 1. The molecule has 156 valence electrons. The molecular formula is C22H22ClN3O3S. The van der Waals surface area contributed by atoms with Gasteiger partial charge in [-0.2, -0.15) is 0 Å². The second-order valence-electron chi connectivity index (χ2n) is 6.78. The molecule has 1 heterocycles. The minimum atomic E-state index is -0.208. The number of hydrogen-bond donors (Lipinski definition) is 1. The number of amides is 1. The molecular weight excluding hydrogens is 422 g/mol. The lowest BCUT2D eigenvalue weighted by Gasteiger charge is -2.18. The van der Waals surface area contributed by atoms with Crippen LogP contribution < -0.4 is 10.3 Å². The summed E-state index contributed by atoms with van der Waals surface area (Å²) >= 11 is 11.1. The van der Waals surface area contributed by atoms with E-state index in [1.807, 2.05) is 0 Å². The van der Waals surface area contributed by atoms with Gasteiger partial charge in [-0.3, -0.25) is 14.2 Å². The van der Waals surface area contributed by atoms with E-state index in [9.17, 15) is 9.59 Å². The Morgan fingerprint density at radius 1 is 1.30 bits per heavy atom. The van der Waals surface area contributed by atoms with E-state index in [2.05, 4.69) is 11.6 Å². The zero-order valence-corrected chi connectivity index (χ0v) is 18.1. The molecule has 30 heavy (non-hydrogen) atoms. The number of benzene rings is 2. The van der Waals surface area contributed by atoms with Crippen molar-refractivity contribution in [2.45, 2.75) is 13.0 Å². The first-order valence-electron chi connectivity index (χ1n) is 9.42. The molecule has 1 aromatic heterocycles. The van der Waals surface area contributed by atoms with Crippen molar-refractivity contribution in [3.63, 3.8) is 0 Å². The zero-order chi connectivity index (χ0) is 21.7. The molecule has 3 rings (SSSR count). The number of allylic oxidation sites excluding steroid dienone is 1. The van der Waals surface area contributed by atoms with Gasteiger partial charge in [0.05, 0.1) is 17.5 Å². The Morgan fingerprint density at radius 3 is 2.73 bits per heavy atom. The average Bonchev–Trinajstić information content (AvgIpc) is 2.74. The van der Waals surface area contributed by atoms with Gasteiger partial charge in [0.15, 0.2) is 4.77 Å². The summed E-state index contributed by atoms with van der Waals surface area (Å²) in [6.07, 6.45) is 2.29. The molecule has 0 aliphatic carbocycles. The van der Waals surface area contributed by atoms with E-state index in [1.54, 1.807) is 60.5 Å². The molecule has 0 fully saturated rings. The van der Waals surface area contributed by atoms with E-state index < -0.39 is 0 Å². The largest absolute Gasteiger partial charge is 0.494 e. The number of nitrogens with zero attached hydrogens (tertiary/aromatic N) is 2. The van der Waals surface area contributed by atoms with Crippen molar-refractivity contribution in [1.82, 2.24) is 14.5 Å². The fraction of sp³-hybridized carbons (Fsp3) is 0.227. The molecule has 1 N–H and O–H groups in total. The minimum absolute atomic E-state index is 0.141. The summed E-state index contributed by atoms with van der Waals surface area (Å²) in [5.74, 6) is 0.596. The van der Waals surface area contributed by atoms with Crippen molar-refractivity contribution in [3.8, 4) is 5.75 Å². The lowest BCUT2D eigenvalue weighted by Crippen LogP contribution is -2.29. The fourth-order valence-electron chi connectivity index (χ4n) is 3.03. The van der Waals surface area contributed by atoms with Crippen molar-refractivity contribution in [2.75, 3.05) is 20.2 Å². The van der Waals surface area contributed by atoms with Crippen LogP contribution in [0, 0.1) is 4.77 Å². The van der Waals surface area contributed by atoms with Crippen LogP contribution in [0.15, 0.2) is 59.9 Å².